The van der Waals surface area contributed by atoms with Gasteiger partial charge in [-0.15, -0.1) is 0 Å². The molecule has 0 fully saturated rings. The van der Waals surface area contributed by atoms with Gasteiger partial charge in [-0.25, -0.2) is 0 Å². The van der Waals surface area contributed by atoms with Crippen LogP contribution in [-0.4, -0.2) is 4.98 Å². The van der Waals surface area contributed by atoms with E-state index in [1.54, 1.807) is 0 Å². The van der Waals surface area contributed by atoms with Gasteiger partial charge in [0.05, 0.1) is 5.52 Å². The summed E-state index contributed by atoms with van der Waals surface area (Å²) in [4.78, 5) is 5.04. The molecule has 0 aliphatic heterocycles. The molecule has 0 saturated heterocycles. The maximum absolute atomic E-state index is 5.04. The second-order valence-electron chi connectivity index (χ2n) is 11.2. The lowest BCUT2D eigenvalue weighted by atomic mass is 9.77. The maximum atomic E-state index is 5.04. The fourth-order valence-electron chi connectivity index (χ4n) is 6.98. The van der Waals surface area contributed by atoms with E-state index in [4.69, 9.17) is 4.98 Å². The molecule has 0 atom stereocenters. The van der Waals surface area contributed by atoms with E-state index >= 15 is 0 Å². The zero-order valence-corrected chi connectivity index (χ0v) is 22.1. The highest BCUT2D eigenvalue weighted by atomic mass is 14.7. The number of aromatic nitrogens is 1. The highest BCUT2D eigenvalue weighted by molar-refractivity contribution is 6.21. The number of pyridine rings is 1. The third-order valence-electron chi connectivity index (χ3n) is 8.67. The SMILES string of the molecule is CC1(C)c2ccccc2-c2cccc(-c3c4ccccc4c(-c4ccc5ccccc5c4)c4ncccc34)c21. The normalized spacial score (nSPS) is 13.6. The highest BCUT2D eigenvalue weighted by Gasteiger charge is 2.37. The van der Waals surface area contributed by atoms with E-state index in [0.29, 0.717) is 0 Å². The van der Waals surface area contributed by atoms with Crippen LogP contribution >= 0.6 is 0 Å². The van der Waals surface area contributed by atoms with Crippen LogP contribution in [0, 0.1) is 0 Å². The van der Waals surface area contributed by atoms with Crippen LogP contribution in [0.5, 0.6) is 0 Å². The average Bonchev–Trinajstić information content (AvgIpc) is 3.22. The summed E-state index contributed by atoms with van der Waals surface area (Å²) < 4.78 is 0. The third kappa shape index (κ3) is 3.11. The van der Waals surface area contributed by atoms with Gasteiger partial charge in [-0.1, -0.05) is 123 Å². The number of rotatable bonds is 2. The van der Waals surface area contributed by atoms with Crippen molar-refractivity contribution < 1.29 is 0 Å². The first-order valence-electron chi connectivity index (χ1n) is 13.7. The standard InChI is InChI=1S/C38H27N/c1-38(2)33-19-8-7-13-27(33)30-16-9-17-31(36(30)38)35-29-15-6-5-14-28(29)34(37-32(35)18-10-22-39-37)26-21-20-24-11-3-4-12-25(24)23-26/h3-23H,1-2H3. The summed E-state index contributed by atoms with van der Waals surface area (Å²) in [5.41, 5.74) is 11.4. The van der Waals surface area contributed by atoms with Crippen molar-refractivity contribution in [2.24, 2.45) is 0 Å². The van der Waals surface area contributed by atoms with Crippen LogP contribution in [0.15, 0.2) is 128 Å². The van der Waals surface area contributed by atoms with Gasteiger partial charge in [0.25, 0.3) is 0 Å². The van der Waals surface area contributed by atoms with Crippen LogP contribution in [0.3, 0.4) is 0 Å². The summed E-state index contributed by atoms with van der Waals surface area (Å²) in [6.07, 6.45) is 1.93. The van der Waals surface area contributed by atoms with Crippen molar-refractivity contribution in [3.8, 4) is 33.4 Å². The molecule has 184 valence electrons. The maximum Gasteiger partial charge on any atom is 0.0792 e. The predicted molar refractivity (Wildman–Crippen MR) is 165 cm³/mol. The molecule has 0 N–H and O–H groups in total. The van der Waals surface area contributed by atoms with Crippen LogP contribution in [0.1, 0.15) is 25.0 Å². The van der Waals surface area contributed by atoms with Gasteiger partial charge in [0.1, 0.15) is 0 Å². The van der Waals surface area contributed by atoms with Crippen molar-refractivity contribution in [2.45, 2.75) is 19.3 Å². The molecule has 0 saturated carbocycles. The van der Waals surface area contributed by atoms with Crippen LogP contribution in [-0.2, 0) is 5.41 Å². The second kappa shape index (κ2) is 8.12. The van der Waals surface area contributed by atoms with Crippen LogP contribution in [0.25, 0.3) is 65.8 Å². The third-order valence-corrected chi connectivity index (χ3v) is 8.67. The van der Waals surface area contributed by atoms with E-state index < -0.39 is 0 Å². The average molecular weight is 498 g/mol. The number of hydrogen-bond acceptors (Lipinski definition) is 1. The largest absolute Gasteiger partial charge is 0.256 e. The van der Waals surface area contributed by atoms with Crippen molar-refractivity contribution >= 4 is 32.4 Å². The van der Waals surface area contributed by atoms with Crippen molar-refractivity contribution in [2.75, 3.05) is 0 Å². The van der Waals surface area contributed by atoms with E-state index in [1.165, 1.54) is 71.4 Å². The first-order valence-corrected chi connectivity index (χ1v) is 13.7. The summed E-state index contributed by atoms with van der Waals surface area (Å²) in [6.45, 7) is 4.74. The number of benzene rings is 6. The Balaban J connectivity index is 1.51. The molecule has 1 aliphatic rings. The number of nitrogens with zero attached hydrogens (tertiary/aromatic N) is 1. The van der Waals surface area contributed by atoms with Crippen molar-refractivity contribution in [3.05, 3.63) is 139 Å². The molecule has 1 nitrogen and oxygen atoms in total. The fourth-order valence-corrected chi connectivity index (χ4v) is 6.98. The molecule has 7 aromatic rings. The van der Waals surface area contributed by atoms with Crippen LogP contribution in [0.2, 0.25) is 0 Å². The van der Waals surface area contributed by atoms with E-state index in [1.807, 2.05) is 6.20 Å². The van der Waals surface area contributed by atoms with Gasteiger partial charge >= 0.3 is 0 Å². The van der Waals surface area contributed by atoms with Crippen LogP contribution in [0.4, 0.5) is 0 Å². The summed E-state index contributed by atoms with van der Waals surface area (Å²) in [5, 5.41) is 6.19. The Bertz CT molecular complexity index is 2040. The van der Waals surface area contributed by atoms with E-state index in [9.17, 15) is 0 Å². The van der Waals surface area contributed by atoms with Crippen molar-refractivity contribution in [1.82, 2.24) is 4.98 Å². The molecule has 0 unspecified atom stereocenters. The summed E-state index contributed by atoms with van der Waals surface area (Å²) in [7, 11) is 0. The topological polar surface area (TPSA) is 12.9 Å². The monoisotopic (exact) mass is 497 g/mol. The highest BCUT2D eigenvalue weighted by Crippen LogP contribution is 2.54. The first-order chi connectivity index (χ1) is 19.1. The smallest absolute Gasteiger partial charge is 0.0792 e. The molecule has 1 heteroatoms. The Morgan fingerprint density at radius 1 is 0.513 bits per heavy atom. The van der Waals surface area contributed by atoms with Gasteiger partial charge in [-0.3, -0.25) is 4.98 Å². The molecule has 39 heavy (non-hydrogen) atoms. The summed E-state index contributed by atoms with van der Waals surface area (Å²) in [5.74, 6) is 0. The Morgan fingerprint density at radius 2 is 1.18 bits per heavy atom. The zero-order chi connectivity index (χ0) is 26.1. The molecular weight excluding hydrogens is 470 g/mol. The van der Waals surface area contributed by atoms with E-state index in [2.05, 4.69) is 135 Å². The lowest BCUT2D eigenvalue weighted by Crippen LogP contribution is -2.16. The van der Waals surface area contributed by atoms with Gasteiger partial charge in [0, 0.05) is 22.6 Å². The summed E-state index contributed by atoms with van der Waals surface area (Å²) in [6, 6.07) is 44.3. The Kier molecular flexibility index (Phi) is 4.63. The zero-order valence-electron chi connectivity index (χ0n) is 22.1. The van der Waals surface area contributed by atoms with Gasteiger partial charge < -0.3 is 0 Å². The second-order valence-corrected chi connectivity index (χ2v) is 11.2. The minimum Gasteiger partial charge on any atom is -0.256 e. The van der Waals surface area contributed by atoms with Crippen molar-refractivity contribution in [1.29, 1.82) is 0 Å². The van der Waals surface area contributed by atoms with E-state index in [0.717, 1.165) is 5.52 Å². The Morgan fingerprint density at radius 3 is 2.05 bits per heavy atom. The minimum atomic E-state index is -0.102. The van der Waals surface area contributed by atoms with Gasteiger partial charge in [0.2, 0.25) is 0 Å². The van der Waals surface area contributed by atoms with Gasteiger partial charge in [-0.2, -0.15) is 0 Å². The molecule has 8 rings (SSSR count). The Labute approximate surface area is 228 Å². The van der Waals surface area contributed by atoms with E-state index in [-0.39, 0.29) is 5.41 Å². The lowest BCUT2D eigenvalue weighted by molar-refractivity contribution is 0.662. The molecule has 1 aromatic heterocycles. The molecule has 0 radical (unpaired) electrons. The lowest BCUT2D eigenvalue weighted by Gasteiger charge is -2.26. The molecule has 0 amide bonds. The van der Waals surface area contributed by atoms with Gasteiger partial charge in [-0.05, 0) is 72.6 Å². The summed E-state index contributed by atoms with van der Waals surface area (Å²) >= 11 is 0. The molecule has 6 aromatic carbocycles. The first kappa shape index (κ1) is 22.3. The minimum absolute atomic E-state index is 0.102. The number of hydrogen-bond donors (Lipinski definition) is 0. The fraction of sp³-hybridized carbons (Fsp3) is 0.0789. The quantitative estimate of drug-likeness (QED) is 0.217. The predicted octanol–water partition coefficient (Wildman–Crippen LogP) is 10.2. The number of fused-ring (bicyclic) bond motifs is 6. The van der Waals surface area contributed by atoms with Crippen LogP contribution < -0.4 is 0 Å². The van der Waals surface area contributed by atoms with Gasteiger partial charge in [0.15, 0.2) is 0 Å². The molecule has 0 spiro atoms. The molecule has 1 aliphatic carbocycles. The Hall–Kier alpha value is -4.75. The van der Waals surface area contributed by atoms with Crippen molar-refractivity contribution in [3.63, 3.8) is 0 Å². The molecule has 0 bridgehead atoms. The molecular formula is C38H27N. The molecule has 1 heterocycles.